The molecule has 0 saturated carbocycles. The number of hydrogen-bond donors (Lipinski definition) is 3. The van der Waals surface area contributed by atoms with Gasteiger partial charge in [0.15, 0.2) is 0 Å². The third-order valence-corrected chi connectivity index (χ3v) is 4.71. The average molecular weight is 438 g/mol. The molecule has 1 aromatic carbocycles. The Kier molecular flexibility index (Phi) is 10.2. The van der Waals surface area contributed by atoms with Crippen LogP contribution in [-0.4, -0.2) is 53.8 Å². The minimum atomic E-state index is -0.927. The second kappa shape index (κ2) is 11.8. The molecule has 2 N–H and O–H groups in total. The van der Waals surface area contributed by atoms with E-state index in [9.17, 15) is 14.4 Å². The number of thiol groups is 1. The number of carbonyl (C=O) groups excluding carboxylic acids is 3. The maximum atomic E-state index is 13.1. The summed E-state index contributed by atoms with van der Waals surface area (Å²) in [6.45, 7) is 9.73. The lowest BCUT2D eigenvalue weighted by Gasteiger charge is -2.31. The van der Waals surface area contributed by atoms with Crippen LogP contribution in [0.15, 0.2) is 24.3 Å². The van der Waals surface area contributed by atoms with Crippen molar-refractivity contribution in [2.75, 3.05) is 19.3 Å². The van der Waals surface area contributed by atoms with Gasteiger partial charge in [-0.15, -0.1) is 0 Å². The highest BCUT2D eigenvalue weighted by Crippen LogP contribution is 2.22. The van der Waals surface area contributed by atoms with Crippen molar-refractivity contribution in [3.63, 3.8) is 0 Å². The fraction of sp³-hybridized carbons (Fsp3) is 0.591. The summed E-state index contributed by atoms with van der Waals surface area (Å²) < 4.78 is 5.24. The Morgan fingerprint density at radius 1 is 1.23 bits per heavy atom. The number of rotatable bonds is 9. The molecule has 1 aromatic rings. The zero-order valence-electron chi connectivity index (χ0n) is 18.8. The standard InChI is InChI=1S/C22H35N3O4S/c1-7-8-12-23-19(26)18(16-11-9-10-15(2)13-16)25(6)20(27)17(14-30)24-21(28)29-22(3,4)5/h9-11,13,17-18,30H,7-8,12,14H2,1-6H3,(H,23,26)(H,24,28). The van der Waals surface area contributed by atoms with Crippen LogP contribution in [0.1, 0.15) is 57.7 Å². The molecule has 0 aliphatic carbocycles. The summed E-state index contributed by atoms with van der Waals surface area (Å²) in [7, 11) is 1.56. The molecule has 0 aliphatic heterocycles. The molecule has 0 aromatic heterocycles. The molecule has 30 heavy (non-hydrogen) atoms. The lowest BCUT2D eigenvalue weighted by molar-refractivity contribution is -0.140. The zero-order valence-corrected chi connectivity index (χ0v) is 19.7. The minimum absolute atomic E-state index is 0.0698. The first-order chi connectivity index (χ1) is 14.0. The van der Waals surface area contributed by atoms with Gasteiger partial charge in [0, 0.05) is 19.3 Å². The van der Waals surface area contributed by atoms with Crippen molar-refractivity contribution in [2.24, 2.45) is 0 Å². The Hall–Kier alpha value is -2.22. The molecule has 0 aliphatic rings. The van der Waals surface area contributed by atoms with Gasteiger partial charge in [-0.1, -0.05) is 43.2 Å². The molecule has 0 bridgehead atoms. The van der Waals surface area contributed by atoms with Crippen molar-refractivity contribution in [1.29, 1.82) is 0 Å². The summed E-state index contributed by atoms with van der Waals surface area (Å²) >= 11 is 4.21. The third kappa shape index (κ3) is 8.26. The van der Waals surface area contributed by atoms with Crippen molar-refractivity contribution < 1.29 is 19.1 Å². The number of alkyl carbamates (subject to hydrolysis) is 1. The van der Waals surface area contributed by atoms with Crippen LogP contribution in [0.2, 0.25) is 0 Å². The van der Waals surface area contributed by atoms with Crippen LogP contribution in [0.3, 0.4) is 0 Å². The van der Waals surface area contributed by atoms with Gasteiger partial charge in [-0.05, 0) is 39.7 Å². The number of carbonyl (C=O) groups is 3. The quantitative estimate of drug-likeness (QED) is 0.409. The molecule has 168 valence electrons. The number of ether oxygens (including phenoxy) is 1. The summed E-state index contributed by atoms with van der Waals surface area (Å²) in [4.78, 5) is 39.6. The number of amides is 3. The van der Waals surface area contributed by atoms with Crippen LogP contribution in [0, 0.1) is 6.92 Å². The van der Waals surface area contributed by atoms with Crippen molar-refractivity contribution in [3.05, 3.63) is 35.4 Å². The molecule has 1 rings (SSSR count). The maximum Gasteiger partial charge on any atom is 0.408 e. The Morgan fingerprint density at radius 2 is 1.90 bits per heavy atom. The zero-order chi connectivity index (χ0) is 22.9. The first-order valence-electron chi connectivity index (χ1n) is 10.2. The largest absolute Gasteiger partial charge is 0.444 e. The van der Waals surface area contributed by atoms with E-state index >= 15 is 0 Å². The number of benzene rings is 1. The normalized spacial score (nSPS) is 13.2. The van der Waals surface area contributed by atoms with Crippen LogP contribution in [0.5, 0.6) is 0 Å². The predicted octanol–water partition coefficient (Wildman–Crippen LogP) is 3.23. The summed E-state index contributed by atoms with van der Waals surface area (Å²) in [5.41, 5.74) is 0.996. The monoisotopic (exact) mass is 437 g/mol. The van der Waals surface area contributed by atoms with Crippen molar-refractivity contribution >= 4 is 30.5 Å². The van der Waals surface area contributed by atoms with Crippen LogP contribution in [0.25, 0.3) is 0 Å². The van der Waals surface area contributed by atoms with E-state index in [1.165, 1.54) is 4.90 Å². The van der Waals surface area contributed by atoms with Gasteiger partial charge in [-0.2, -0.15) is 12.6 Å². The molecule has 0 radical (unpaired) electrons. The smallest absolute Gasteiger partial charge is 0.408 e. The maximum absolute atomic E-state index is 13.1. The highest BCUT2D eigenvalue weighted by Gasteiger charge is 2.33. The Labute approximate surface area is 185 Å². The van der Waals surface area contributed by atoms with Gasteiger partial charge in [0.2, 0.25) is 11.8 Å². The fourth-order valence-corrected chi connectivity index (χ4v) is 3.13. The van der Waals surface area contributed by atoms with Gasteiger partial charge in [-0.3, -0.25) is 9.59 Å². The summed E-state index contributed by atoms with van der Waals surface area (Å²) in [6.07, 6.45) is 1.09. The highest BCUT2D eigenvalue weighted by molar-refractivity contribution is 7.80. The van der Waals surface area contributed by atoms with Crippen molar-refractivity contribution in [1.82, 2.24) is 15.5 Å². The first kappa shape index (κ1) is 25.8. The molecular formula is C22H35N3O4S. The molecular weight excluding hydrogens is 402 g/mol. The van der Waals surface area contributed by atoms with E-state index in [0.717, 1.165) is 18.4 Å². The molecule has 8 heteroatoms. The van der Waals surface area contributed by atoms with Gasteiger partial charge in [-0.25, -0.2) is 4.79 Å². The van der Waals surface area contributed by atoms with E-state index in [1.807, 2.05) is 38.1 Å². The molecule has 7 nitrogen and oxygen atoms in total. The first-order valence-corrected chi connectivity index (χ1v) is 10.8. The second-order valence-corrected chi connectivity index (χ2v) is 8.66. The number of nitrogens with one attached hydrogen (secondary N) is 2. The van der Waals surface area contributed by atoms with Gasteiger partial charge < -0.3 is 20.3 Å². The molecule has 0 saturated heterocycles. The van der Waals surface area contributed by atoms with Crippen molar-refractivity contribution in [3.8, 4) is 0 Å². The Morgan fingerprint density at radius 3 is 2.43 bits per heavy atom. The van der Waals surface area contributed by atoms with E-state index in [4.69, 9.17) is 4.74 Å². The fourth-order valence-electron chi connectivity index (χ4n) is 2.88. The van der Waals surface area contributed by atoms with Crippen LogP contribution in [0.4, 0.5) is 4.79 Å². The summed E-state index contributed by atoms with van der Waals surface area (Å²) in [6, 6.07) is 5.73. The Balaban J connectivity index is 3.08. The SMILES string of the molecule is CCCCNC(=O)C(c1cccc(C)c1)N(C)C(=O)C(CS)NC(=O)OC(C)(C)C. The van der Waals surface area contributed by atoms with E-state index in [-0.39, 0.29) is 11.7 Å². The second-order valence-electron chi connectivity index (χ2n) is 8.29. The van der Waals surface area contributed by atoms with Gasteiger partial charge in [0.1, 0.15) is 17.7 Å². The molecule has 0 spiro atoms. The van der Waals surface area contributed by atoms with E-state index in [2.05, 4.69) is 23.3 Å². The van der Waals surface area contributed by atoms with E-state index in [1.54, 1.807) is 27.8 Å². The number of unbranched alkanes of at least 4 members (excludes halogenated alkanes) is 1. The number of nitrogens with zero attached hydrogens (tertiary/aromatic N) is 1. The third-order valence-electron chi connectivity index (χ3n) is 4.34. The number of likely N-dealkylation sites (N-methyl/N-ethyl adjacent to an activating group) is 1. The van der Waals surface area contributed by atoms with Crippen LogP contribution < -0.4 is 10.6 Å². The van der Waals surface area contributed by atoms with Gasteiger partial charge in [0.05, 0.1) is 0 Å². The van der Waals surface area contributed by atoms with Gasteiger partial charge in [0.25, 0.3) is 0 Å². The average Bonchev–Trinajstić information content (AvgIpc) is 2.64. The molecule has 2 atom stereocenters. The minimum Gasteiger partial charge on any atom is -0.444 e. The lowest BCUT2D eigenvalue weighted by Crippen LogP contribution is -2.52. The van der Waals surface area contributed by atoms with Crippen molar-refractivity contribution in [2.45, 2.75) is 65.1 Å². The van der Waals surface area contributed by atoms with E-state index in [0.29, 0.717) is 12.1 Å². The number of aryl methyl sites for hydroxylation is 1. The molecule has 0 heterocycles. The highest BCUT2D eigenvalue weighted by atomic mass is 32.1. The molecule has 3 amide bonds. The van der Waals surface area contributed by atoms with Gasteiger partial charge >= 0.3 is 6.09 Å². The molecule has 0 fully saturated rings. The lowest BCUT2D eigenvalue weighted by atomic mass is 10.0. The summed E-state index contributed by atoms with van der Waals surface area (Å²) in [5.74, 6) is -0.617. The predicted molar refractivity (Wildman–Crippen MR) is 122 cm³/mol. The summed E-state index contributed by atoms with van der Waals surface area (Å²) in [5, 5.41) is 5.45. The van der Waals surface area contributed by atoms with E-state index < -0.39 is 29.7 Å². The van der Waals surface area contributed by atoms with Crippen LogP contribution >= 0.6 is 12.6 Å². The Bertz CT molecular complexity index is 733. The number of hydrogen-bond acceptors (Lipinski definition) is 5. The molecule has 2 unspecified atom stereocenters. The topological polar surface area (TPSA) is 87.7 Å². The van der Waals surface area contributed by atoms with Crippen LogP contribution in [-0.2, 0) is 14.3 Å².